The van der Waals surface area contributed by atoms with Crippen molar-refractivity contribution in [2.24, 2.45) is 0 Å². The predicted octanol–water partition coefficient (Wildman–Crippen LogP) is 2.28. The Kier molecular flexibility index (Phi) is 6.90. The van der Waals surface area contributed by atoms with Gasteiger partial charge in [0.1, 0.15) is 6.17 Å². The van der Waals surface area contributed by atoms with E-state index in [0.717, 1.165) is 0 Å². The summed E-state index contributed by atoms with van der Waals surface area (Å²) in [6.07, 6.45) is -0.0437. The van der Waals surface area contributed by atoms with Crippen LogP contribution in [0.4, 0.5) is 5.69 Å². The summed E-state index contributed by atoms with van der Waals surface area (Å²) in [4.78, 5) is 53.7. The van der Waals surface area contributed by atoms with Gasteiger partial charge in [-0.05, 0) is 24.6 Å². The summed E-state index contributed by atoms with van der Waals surface area (Å²) >= 11 is 0. The molecule has 10 heteroatoms. The van der Waals surface area contributed by atoms with Gasteiger partial charge in [-0.1, -0.05) is 18.2 Å². The molecule has 1 N–H and O–H groups in total. The van der Waals surface area contributed by atoms with E-state index in [4.69, 9.17) is 9.47 Å². The van der Waals surface area contributed by atoms with E-state index in [9.17, 15) is 19.2 Å². The summed E-state index contributed by atoms with van der Waals surface area (Å²) in [6.45, 7) is 0.432. The summed E-state index contributed by atoms with van der Waals surface area (Å²) in [7, 11) is 4.26. The maximum atomic E-state index is 13.6. The molecular weight excluding hydrogens is 454 g/mol. The Morgan fingerprint density at radius 1 is 0.971 bits per heavy atom. The average Bonchev–Trinajstić information content (AvgIpc) is 3.17. The third-order valence-corrected chi connectivity index (χ3v) is 6.17. The van der Waals surface area contributed by atoms with Gasteiger partial charge in [-0.3, -0.25) is 24.1 Å². The Labute approximate surface area is 202 Å². The molecular formula is C25H27N3O7. The summed E-state index contributed by atoms with van der Waals surface area (Å²) in [6, 6.07) is 10.5. The average molecular weight is 482 g/mol. The Balaban J connectivity index is 1.60. The van der Waals surface area contributed by atoms with Gasteiger partial charge in [-0.15, -0.1) is 0 Å². The van der Waals surface area contributed by atoms with Crippen LogP contribution in [0.1, 0.15) is 51.7 Å². The molecule has 184 valence electrons. The van der Waals surface area contributed by atoms with Crippen molar-refractivity contribution in [3.05, 3.63) is 53.1 Å². The van der Waals surface area contributed by atoms with Gasteiger partial charge in [-0.2, -0.15) is 0 Å². The first-order chi connectivity index (χ1) is 16.9. The number of nitrogens with one attached hydrogen (secondary N) is 1. The molecule has 0 spiro atoms. The number of methoxy groups -OCH3 is 3. The number of esters is 1. The smallest absolute Gasteiger partial charge is 0.307 e. The van der Waals surface area contributed by atoms with Crippen LogP contribution in [0.25, 0.3) is 0 Å². The van der Waals surface area contributed by atoms with Crippen LogP contribution >= 0.6 is 0 Å². The minimum atomic E-state index is -0.665. The van der Waals surface area contributed by atoms with Gasteiger partial charge in [0, 0.05) is 25.1 Å². The number of hydrogen-bond donors (Lipinski definition) is 1. The Morgan fingerprint density at radius 2 is 1.74 bits per heavy atom. The third kappa shape index (κ3) is 4.27. The van der Waals surface area contributed by atoms with Crippen LogP contribution in [0, 0.1) is 0 Å². The van der Waals surface area contributed by atoms with E-state index in [1.165, 1.54) is 21.3 Å². The highest BCUT2D eigenvalue weighted by atomic mass is 16.5. The molecule has 2 aliphatic heterocycles. The monoisotopic (exact) mass is 481 g/mol. The zero-order valence-electron chi connectivity index (χ0n) is 19.8. The number of benzene rings is 2. The van der Waals surface area contributed by atoms with Crippen molar-refractivity contribution in [2.45, 2.75) is 25.4 Å². The molecule has 2 aromatic carbocycles. The fourth-order valence-corrected chi connectivity index (χ4v) is 4.56. The fraction of sp³-hybridized carbons (Fsp3) is 0.360. The first kappa shape index (κ1) is 24.1. The lowest BCUT2D eigenvalue weighted by Gasteiger charge is -2.41. The van der Waals surface area contributed by atoms with Crippen molar-refractivity contribution in [1.29, 1.82) is 0 Å². The van der Waals surface area contributed by atoms with Crippen LogP contribution in [0.15, 0.2) is 36.4 Å². The topological polar surface area (TPSA) is 114 Å². The van der Waals surface area contributed by atoms with Gasteiger partial charge < -0.3 is 24.4 Å². The van der Waals surface area contributed by atoms with Gasteiger partial charge in [0.15, 0.2) is 11.5 Å². The van der Waals surface area contributed by atoms with Crippen molar-refractivity contribution < 1.29 is 33.4 Å². The number of carbonyl (C=O) groups is 4. The van der Waals surface area contributed by atoms with Gasteiger partial charge in [-0.25, -0.2) is 0 Å². The van der Waals surface area contributed by atoms with Crippen LogP contribution in [0.2, 0.25) is 0 Å². The number of para-hydroxylation sites is 1. The summed E-state index contributed by atoms with van der Waals surface area (Å²) in [5, 5.41) is 2.67. The predicted molar refractivity (Wildman–Crippen MR) is 125 cm³/mol. The summed E-state index contributed by atoms with van der Waals surface area (Å²) < 4.78 is 15.5. The Hall–Kier alpha value is -4.08. The van der Waals surface area contributed by atoms with Crippen molar-refractivity contribution in [3.63, 3.8) is 0 Å². The molecule has 2 aliphatic rings. The van der Waals surface area contributed by atoms with E-state index in [0.29, 0.717) is 40.3 Å². The number of fused-ring (bicyclic) bond motifs is 5. The molecule has 35 heavy (non-hydrogen) atoms. The maximum Gasteiger partial charge on any atom is 0.307 e. The minimum Gasteiger partial charge on any atom is -0.493 e. The van der Waals surface area contributed by atoms with Gasteiger partial charge in [0.2, 0.25) is 5.91 Å². The second-order valence-electron chi connectivity index (χ2n) is 8.11. The molecule has 2 aromatic rings. The number of carbonyl (C=O) groups excluding carboxylic acids is 4. The van der Waals surface area contributed by atoms with Crippen LogP contribution in [0.3, 0.4) is 0 Å². The molecule has 10 nitrogen and oxygen atoms in total. The molecule has 0 unspecified atom stereocenters. The van der Waals surface area contributed by atoms with E-state index in [-0.39, 0.29) is 43.7 Å². The van der Waals surface area contributed by atoms with Crippen molar-refractivity contribution in [3.8, 4) is 11.5 Å². The Morgan fingerprint density at radius 3 is 2.46 bits per heavy atom. The summed E-state index contributed by atoms with van der Waals surface area (Å²) in [5.74, 6) is -0.396. The molecule has 4 rings (SSSR count). The lowest BCUT2D eigenvalue weighted by atomic mass is 10.0. The quantitative estimate of drug-likeness (QED) is 0.547. The molecule has 0 bridgehead atoms. The van der Waals surface area contributed by atoms with Crippen molar-refractivity contribution in [1.82, 2.24) is 10.2 Å². The molecule has 0 radical (unpaired) electrons. The SMILES string of the molecule is COC(=O)CCNC(=O)CCCN1C(=O)c2ccccc2N2C(=O)c3c(ccc(OC)c3OC)[C@H]12. The lowest BCUT2D eigenvalue weighted by molar-refractivity contribution is -0.140. The number of rotatable bonds is 9. The highest BCUT2D eigenvalue weighted by Crippen LogP contribution is 2.49. The van der Waals surface area contributed by atoms with Gasteiger partial charge in [0.25, 0.3) is 11.8 Å². The number of anilines is 1. The van der Waals surface area contributed by atoms with Crippen LogP contribution < -0.4 is 19.7 Å². The van der Waals surface area contributed by atoms with Gasteiger partial charge in [0.05, 0.1) is 44.6 Å². The van der Waals surface area contributed by atoms with Crippen LogP contribution in [0.5, 0.6) is 11.5 Å². The zero-order valence-corrected chi connectivity index (χ0v) is 19.8. The minimum absolute atomic E-state index is 0.0882. The second kappa shape index (κ2) is 10.0. The van der Waals surface area contributed by atoms with Crippen LogP contribution in [-0.2, 0) is 14.3 Å². The normalized spacial score (nSPS) is 15.8. The van der Waals surface area contributed by atoms with E-state index in [1.807, 2.05) is 0 Å². The van der Waals surface area contributed by atoms with E-state index in [1.54, 1.807) is 46.2 Å². The molecule has 3 amide bonds. The second-order valence-corrected chi connectivity index (χ2v) is 8.11. The standard InChI is InChI=1S/C25H27N3O7/c1-33-18-11-10-16-21(22(18)35-3)25(32)28-17-8-5-4-7-15(17)24(31)27(23(16)28)14-6-9-19(29)26-13-12-20(30)34-2/h4-5,7-8,10-11,23H,6,9,12-14H2,1-3H3,(H,26,29)/t23-/m1/s1. The first-order valence-electron chi connectivity index (χ1n) is 11.2. The van der Waals surface area contributed by atoms with Crippen LogP contribution in [-0.4, -0.2) is 63.0 Å². The zero-order chi connectivity index (χ0) is 25.1. The van der Waals surface area contributed by atoms with E-state index >= 15 is 0 Å². The third-order valence-electron chi connectivity index (χ3n) is 6.17. The number of nitrogens with zero attached hydrogens (tertiary/aromatic N) is 2. The molecule has 0 aliphatic carbocycles. The Bertz CT molecular complexity index is 1180. The van der Waals surface area contributed by atoms with Gasteiger partial charge >= 0.3 is 5.97 Å². The maximum absolute atomic E-state index is 13.6. The lowest BCUT2D eigenvalue weighted by Crippen LogP contribution is -2.48. The molecule has 0 saturated heterocycles. The van der Waals surface area contributed by atoms with Crippen molar-refractivity contribution in [2.75, 3.05) is 39.3 Å². The molecule has 0 fully saturated rings. The van der Waals surface area contributed by atoms with E-state index in [2.05, 4.69) is 10.1 Å². The van der Waals surface area contributed by atoms with E-state index < -0.39 is 12.1 Å². The fourth-order valence-electron chi connectivity index (χ4n) is 4.56. The number of hydrogen-bond acceptors (Lipinski definition) is 7. The molecule has 0 saturated carbocycles. The highest BCUT2D eigenvalue weighted by molar-refractivity contribution is 6.18. The largest absolute Gasteiger partial charge is 0.493 e. The summed E-state index contributed by atoms with van der Waals surface area (Å²) in [5.41, 5.74) is 1.94. The first-order valence-corrected chi connectivity index (χ1v) is 11.2. The molecule has 1 atom stereocenters. The highest BCUT2D eigenvalue weighted by Gasteiger charge is 2.49. The molecule has 2 heterocycles. The number of amides is 3. The number of ether oxygens (including phenoxy) is 3. The van der Waals surface area contributed by atoms with Crippen molar-refractivity contribution >= 4 is 29.4 Å². The molecule has 0 aromatic heterocycles.